The van der Waals surface area contributed by atoms with Crippen LogP contribution in [0, 0.1) is 50.7 Å². The van der Waals surface area contributed by atoms with E-state index in [9.17, 15) is 25.2 Å². The Morgan fingerprint density at radius 2 is 1.53 bits per heavy atom. The van der Waals surface area contributed by atoms with Gasteiger partial charge in [0, 0.05) is 6.92 Å². The van der Waals surface area contributed by atoms with E-state index in [0.717, 1.165) is 38.5 Å². The summed E-state index contributed by atoms with van der Waals surface area (Å²) in [5.41, 5.74) is -0.395. The molecule has 4 N–H and O–H groups in total. The van der Waals surface area contributed by atoms with Crippen molar-refractivity contribution in [3.63, 3.8) is 0 Å². The van der Waals surface area contributed by atoms with Crippen molar-refractivity contribution < 1.29 is 48.9 Å². The summed E-state index contributed by atoms with van der Waals surface area (Å²) < 4.78 is 30.5. The van der Waals surface area contributed by atoms with Gasteiger partial charge in [-0.05, 0) is 116 Å². The Hall–Kier alpha value is -0.850. The van der Waals surface area contributed by atoms with Gasteiger partial charge in [-0.3, -0.25) is 4.79 Å². The molecule has 0 aromatic heterocycles. The summed E-state index contributed by atoms with van der Waals surface area (Å²) in [6, 6.07) is 0. The Morgan fingerprint density at radius 3 is 2.23 bits per heavy atom. The quantitative estimate of drug-likeness (QED) is 0.261. The Labute approximate surface area is 279 Å². The van der Waals surface area contributed by atoms with Gasteiger partial charge in [0.15, 0.2) is 12.4 Å². The van der Waals surface area contributed by atoms with Gasteiger partial charge in [0.2, 0.25) is 5.79 Å². The zero-order valence-corrected chi connectivity index (χ0v) is 29.5. The van der Waals surface area contributed by atoms with E-state index < -0.39 is 54.2 Å². The molecule has 3 aliphatic heterocycles. The number of esters is 1. The van der Waals surface area contributed by atoms with E-state index in [1.165, 1.54) is 19.8 Å². The van der Waals surface area contributed by atoms with E-state index in [1.807, 2.05) is 13.8 Å². The van der Waals surface area contributed by atoms with Crippen molar-refractivity contribution in [2.75, 3.05) is 6.61 Å². The van der Waals surface area contributed by atoms with Crippen LogP contribution in [0.4, 0.5) is 0 Å². The van der Waals surface area contributed by atoms with Crippen molar-refractivity contribution in [3.8, 4) is 0 Å². The van der Waals surface area contributed by atoms with Crippen LogP contribution in [0.5, 0.6) is 0 Å². The highest BCUT2D eigenvalue weighted by molar-refractivity contribution is 5.66. The maximum atomic E-state index is 11.8. The molecule has 0 aromatic rings. The van der Waals surface area contributed by atoms with Gasteiger partial charge in [-0.1, -0.05) is 34.6 Å². The summed E-state index contributed by atoms with van der Waals surface area (Å²) in [5.74, 6) is -0.857. The van der Waals surface area contributed by atoms with Crippen LogP contribution in [-0.2, 0) is 28.5 Å². The van der Waals surface area contributed by atoms with Crippen molar-refractivity contribution in [2.24, 2.45) is 50.7 Å². The molecule has 8 fully saturated rings. The maximum absolute atomic E-state index is 11.8. The lowest BCUT2D eigenvalue weighted by Crippen LogP contribution is -2.63. The molecule has 0 radical (unpaired) electrons. The molecule has 0 bridgehead atoms. The van der Waals surface area contributed by atoms with E-state index >= 15 is 0 Å². The molecule has 8 rings (SSSR count). The van der Waals surface area contributed by atoms with Crippen molar-refractivity contribution in [2.45, 2.75) is 167 Å². The Kier molecular flexibility index (Phi) is 7.03. The fraction of sp³-hybridized carbons (Fsp3) is 0.973. The summed E-state index contributed by atoms with van der Waals surface area (Å²) in [5, 5.41) is 44.5. The fourth-order valence-corrected chi connectivity index (χ4v) is 14.2. The predicted molar refractivity (Wildman–Crippen MR) is 168 cm³/mol. The second-order valence-electron chi connectivity index (χ2n) is 18.9. The zero-order valence-electron chi connectivity index (χ0n) is 29.5. The van der Waals surface area contributed by atoms with Crippen LogP contribution in [0.25, 0.3) is 0 Å². The van der Waals surface area contributed by atoms with E-state index in [1.54, 1.807) is 0 Å². The van der Waals surface area contributed by atoms with Gasteiger partial charge in [0.25, 0.3) is 0 Å². The summed E-state index contributed by atoms with van der Waals surface area (Å²) >= 11 is 0. The van der Waals surface area contributed by atoms with Crippen LogP contribution in [0.2, 0.25) is 0 Å². The van der Waals surface area contributed by atoms with Gasteiger partial charge in [-0.2, -0.15) is 0 Å². The molecular weight excluding hydrogens is 604 g/mol. The predicted octanol–water partition coefficient (Wildman–Crippen LogP) is 3.69. The summed E-state index contributed by atoms with van der Waals surface area (Å²) in [4.78, 5) is 11.4. The topological polar surface area (TPSA) is 144 Å². The van der Waals surface area contributed by atoms with Gasteiger partial charge in [-0.15, -0.1) is 0 Å². The van der Waals surface area contributed by atoms with Crippen LogP contribution in [0.1, 0.15) is 107 Å². The standard InChI is InChI=1S/C37H58O10/c1-18-25-20(46-37(42)28(18)47-32(5,6)30(37)41)15-34(8)23-10-9-22-31(3,4)24(11-12-35(22)17-36(23,35)14-13-33(25,34)7)45-29-27(40)26(39)21(16-43-29)44-19(2)38/h18,20-30,39-42H,9-17H2,1-8H3/t18-,20-,21+,22-,23-,24-,25-,26-,27+,28+,29-,30+,33+,34-,35+,36-,37+/m0/s1. The molecular formula is C37H58O10. The number of hydrogen-bond acceptors (Lipinski definition) is 10. The normalized spacial score (nSPS) is 59.8. The van der Waals surface area contributed by atoms with Crippen LogP contribution in [0.15, 0.2) is 0 Å². The van der Waals surface area contributed by atoms with Crippen LogP contribution < -0.4 is 0 Å². The van der Waals surface area contributed by atoms with Crippen molar-refractivity contribution in [3.05, 3.63) is 0 Å². The summed E-state index contributed by atoms with van der Waals surface area (Å²) in [6.45, 7) is 16.8. The molecule has 2 spiro atoms. The highest BCUT2D eigenvalue weighted by atomic mass is 16.7. The molecule has 5 saturated carbocycles. The first-order chi connectivity index (χ1) is 21.8. The van der Waals surface area contributed by atoms with Gasteiger partial charge in [0.1, 0.15) is 24.4 Å². The zero-order chi connectivity index (χ0) is 33.9. The molecule has 0 amide bonds. The van der Waals surface area contributed by atoms with Gasteiger partial charge in [-0.25, -0.2) is 0 Å². The lowest BCUT2D eigenvalue weighted by atomic mass is 9.41. The number of hydrogen-bond donors (Lipinski definition) is 4. The first kappa shape index (κ1) is 33.3. The summed E-state index contributed by atoms with van der Waals surface area (Å²) in [6.07, 6.45) is 2.34. The lowest BCUT2D eigenvalue weighted by molar-refractivity contribution is -0.327. The van der Waals surface area contributed by atoms with E-state index in [-0.39, 0.29) is 57.7 Å². The third-order valence-corrected chi connectivity index (χ3v) is 16.4. The Balaban J connectivity index is 1.02. The molecule has 10 nitrogen and oxygen atoms in total. The first-order valence-corrected chi connectivity index (χ1v) is 18.4. The van der Waals surface area contributed by atoms with Gasteiger partial charge in [0.05, 0.1) is 24.4 Å². The van der Waals surface area contributed by atoms with Crippen molar-refractivity contribution >= 4 is 5.97 Å². The van der Waals surface area contributed by atoms with Crippen LogP contribution >= 0.6 is 0 Å². The second kappa shape index (κ2) is 9.93. The average molecular weight is 663 g/mol. The van der Waals surface area contributed by atoms with E-state index in [0.29, 0.717) is 11.8 Å². The number of aliphatic hydroxyl groups excluding tert-OH is 3. The largest absolute Gasteiger partial charge is 0.457 e. The molecule has 3 heterocycles. The molecule has 10 heteroatoms. The Morgan fingerprint density at radius 1 is 0.851 bits per heavy atom. The minimum Gasteiger partial charge on any atom is -0.457 e. The molecule has 0 unspecified atom stereocenters. The molecule has 17 atom stereocenters. The molecule has 8 aliphatic rings. The number of rotatable bonds is 3. The number of ether oxygens (including phenoxy) is 5. The lowest BCUT2D eigenvalue weighted by Gasteiger charge is -2.63. The smallest absolute Gasteiger partial charge is 0.303 e. The van der Waals surface area contributed by atoms with E-state index in [4.69, 9.17) is 23.7 Å². The number of carbonyl (C=O) groups excluding carboxylic acids is 1. The van der Waals surface area contributed by atoms with E-state index in [2.05, 4.69) is 34.6 Å². The third kappa shape index (κ3) is 3.99. The average Bonchev–Trinajstić information content (AvgIpc) is 3.53. The minimum absolute atomic E-state index is 0.0174. The number of carbonyl (C=O) groups is 1. The molecule has 3 saturated heterocycles. The van der Waals surface area contributed by atoms with Crippen LogP contribution in [0.3, 0.4) is 0 Å². The van der Waals surface area contributed by atoms with Crippen LogP contribution in [-0.4, -0.2) is 93.4 Å². The number of aliphatic hydroxyl groups is 4. The third-order valence-electron chi connectivity index (χ3n) is 16.4. The second-order valence-corrected chi connectivity index (χ2v) is 18.9. The summed E-state index contributed by atoms with van der Waals surface area (Å²) in [7, 11) is 0. The maximum Gasteiger partial charge on any atom is 0.303 e. The highest BCUT2D eigenvalue weighted by Gasteiger charge is 2.84. The SMILES string of the molecule is CC(=O)O[C@@H]1CO[C@@H](O[C@H]2CC[C@]34C[C@]35CC[C@]3(C)[C@H]6[C@H](C)[C@H]7OC(C)(C)[C@@H](O)[C@]7(O)O[C@H]6C[C@@]3(C)[C@@H]5CC[C@H]4C2(C)C)[C@H](O)[C@H]1O. The molecule has 0 aromatic carbocycles. The first-order valence-electron chi connectivity index (χ1n) is 18.4. The van der Waals surface area contributed by atoms with Crippen molar-refractivity contribution in [1.29, 1.82) is 0 Å². The molecule has 5 aliphatic carbocycles. The minimum atomic E-state index is -1.68. The highest BCUT2D eigenvalue weighted by Crippen LogP contribution is 2.89. The molecule has 47 heavy (non-hydrogen) atoms. The van der Waals surface area contributed by atoms with Gasteiger partial charge < -0.3 is 44.1 Å². The fourth-order valence-electron chi connectivity index (χ4n) is 14.2. The molecule has 266 valence electrons. The van der Waals surface area contributed by atoms with Gasteiger partial charge >= 0.3 is 5.97 Å². The monoisotopic (exact) mass is 662 g/mol. The van der Waals surface area contributed by atoms with Crippen molar-refractivity contribution in [1.82, 2.24) is 0 Å². The number of fused-ring (bicyclic) bond motifs is 5. The Bertz CT molecular complexity index is 1320.